The van der Waals surface area contributed by atoms with E-state index in [1.54, 1.807) is 11.4 Å². The van der Waals surface area contributed by atoms with Gasteiger partial charge in [-0.2, -0.15) is 17.0 Å². The van der Waals surface area contributed by atoms with Crippen LogP contribution in [0.25, 0.3) is 0 Å². The molecule has 0 amide bonds. The van der Waals surface area contributed by atoms with Gasteiger partial charge >= 0.3 is 0 Å². The average Bonchev–Trinajstić information content (AvgIpc) is 2.76. The molecule has 0 bridgehead atoms. The van der Waals surface area contributed by atoms with Crippen LogP contribution in [0.3, 0.4) is 0 Å². The Labute approximate surface area is 109 Å². The maximum absolute atomic E-state index is 12.3. The van der Waals surface area contributed by atoms with Crippen LogP contribution >= 0.6 is 0 Å². The van der Waals surface area contributed by atoms with E-state index in [4.69, 9.17) is 4.42 Å². The van der Waals surface area contributed by atoms with Crippen LogP contribution in [0.15, 0.2) is 16.5 Å². The van der Waals surface area contributed by atoms with Gasteiger partial charge in [-0.15, -0.1) is 0 Å². The van der Waals surface area contributed by atoms with Gasteiger partial charge in [-0.05, 0) is 31.9 Å². The molecule has 0 spiro atoms. The zero-order chi connectivity index (χ0) is 13.2. The fourth-order valence-electron chi connectivity index (χ4n) is 2.16. The Kier molecular flexibility index (Phi) is 4.09. The van der Waals surface area contributed by atoms with Gasteiger partial charge in [0.25, 0.3) is 10.2 Å². The van der Waals surface area contributed by atoms with Crippen LogP contribution in [0.1, 0.15) is 30.8 Å². The van der Waals surface area contributed by atoms with Crippen molar-refractivity contribution in [3.63, 3.8) is 0 Å². The van der Waals surface area contributed by atoms with E-state index in [2.05, 4.69) is 0 Å². The van der Waals surface area contributed by atoms with E-state index in [-0.39, 0.29) is 6.54 Å². The van der Waals surface area contributed by atoms with Crippen LogP contribution in [0.2, 0.25) is 0 Å². The summed E-state index contributed by atoms with van der Waals surface area (Å²) in [7, 11) is -1.75. The summed E-state index contributed by atoms with van der Waals surface area (Å²) in [6, 6.07) is 3.66. The molecule has 0 N–H and O–H groups in total. The molecule has 6 heteroatoms. The minimum Gasteiger partial charge on any atom is -0.465 e. The smallest absolute Gasteiger partial charge is 0.282 e. The summed E-state index contributed by atoms with van der Waals surface area (Å²) in [5.74, 6) is 1.48. The number of rotatable bonds is 4. The van der Waals surface area contributed by atoms with E-state index < -0.39 is 10.2 Å². The summed E-state index contributed by atoms with van der Waals surface area (Å²) in [5.41, 5.74) is 0. The van der Waals surface area contributed by atoms with Crippen molar-refractivity contribution in [1.82, 2.24) is 8.61 Å². The molecular formula is C12H20N2O3S. The van der Waals surface area contributed by atoms with Gasteiger partial charge in [0.2, 0.25) is 0 Å². The van der Waals surface area contributed by atoms with E-state index in [0.717, 1.165) is 25.0 Å². The normalized spacial score (nSPS) is 18.4. The highest BCUT2D eigenvalue weighted by molar-refractivity contribution is 7.86. The van der Waals surface area contributed by atoms with Crippen LogP contribution in [-0.4, -0.2) is 37.2 Å². The van der Waals surface area contributed by atoms with E-state index >= 15 is 0 Å². The number of aryl methyl sites for hydroxylation is 1. The molecule has 0 radical (unpaired) electrons. The van der Waals surface area contributed by atoms with Crippen molar-refractivity contribution in [3.8, 4) is 0 Å². The summed E-state index contributed by atoms with van der Waals surface area (Å²) in [5, 5.41) is 0. The quantitative estimate of drug-likeness (QED) is 0.839. The second-order valence-electron chi connectivity index (χ2n) is 4.74. The standard InChI is InChI=1S/C12H20N2O3S/c1-11-6-7-12(17-11)10-13(2)18(15,16)14-8-4-3-5-9-14/h6-7H,3-5,8-10H2,1-2H3. The third-order valence-electron chi connectivity index (χ3n) is 3.21. The maximum Gasteiger partial charge on any atom is 0.282 e. The molecule has 0 unspecified atom stereocenters. The Hall–Kier alpha value is -0.850. The molecule has 0 saturated carbocycles. The molecule has 102 valence electrons. The number of hydrogen-bond donors (Lipinski definition) is 0. The Morgan fingerprint density at radius 3 is 2.50 bits per heavy atom. The Morgan fingerprint density at radius 1 is 1.28 bits per heavy atom. The predicted octanol–water partition coefficient (Wildman–Crippen LogP) is 1.75. The highest BCUT2D eigenvalue weighted by atomic mass is 32.2. The highest BCUT2D eigenvalue weighted by Crippen LogP contribution is 2.18. The zero-order valence-electron chi connectivity index (χ0n) is 10.9. The van der Waals surface area contributed by atoms with Gasteiger partial charge in [0.15, 0.2) is 0 Å². The second kappa shape index (κ2) is 5.42. The third-order valence-corrected chi connectivity index (χ3v) is 5.14. The summed E-state index contributed by atoms with van der Waals surface area (Å²) >= 11 is 0. The molecule has 1 fully saturated rings. The second-order valence-corrected chi connectivity index (χ2v) is 6.77. The molecule has 2 heterocycles. The van der Waals surface area contributed by atoms with E-state index in [1.165, 1.54) is 4.31 Å². The number of hydrogen-bond acceptors (Lipinski definition) is 3. The molecule has 0 aromatic carbocycles. The zero-order valence-corrected chi connectivity index (χ0v) is 11.7. The number of piperidine rings is 1. The molecule has 1 aliphatic heterocycles. The van der Waals surface area contributed by atoms with Crippen molar-refractivity contribution in [2.45, 2.75) is 32.7 Å². The Balaban J connectivity index is 2.04. The molecule has 1 aromatic rings. The van der Waals surface area contributed by atoms with Crippen molar-refractivity contribution >= 4 is 10.2 Å². The molecule has 0 atom stereocenters. The fourth-order valence-corrected chi connectivity index (χ4v) is 3.57. The van der Waals surface area contributed by atoms with Crippen molar-refractivity contribution in [3.05, 3.63) is 23.7 Å². The number of furan rings is 1. The summed E-state index contributed by atoms with van der Waals surface area (Å²) in [4.78, 5) is 0. The van der Waals surface area contributed by atoms with Gasteiger partial charge < -0.3 is 4.42 Å². The first kappa shape index (κ1) is 13.6. The summed E-state index contributed by atoms with van der Waals surface area (Å²) in [6.45, 7) is 3.39. The minimum atomic E-state index is -3.34. The largest absolute Gasteiger partial charge is 0.465 e. The topological polar surface area (TPSA) is 53.8 Å². The van der Waals surface area contributed by atoms with E-state index in [9.17, 15) is 8.42 Å². The molecule has 2 rings (SSSR count). The average molecular weight is 272 g/mol. The Morgan fingerprint density at radius 2 is 1.94 bits per heavy atom. The maximum atomic E-state index is 12.3. The summed E-state index contributed by atoms with van der Waals surface area (Å²) < 4.78 is 32.9. The summed E-state index contributed by atoms with van der Waals surface area (Å²) in [6.07, 6.45) is 3.02. The van der Waals surface area contributed by atoms with Gasteiger partial charge in [0, 0.05) is 20.1 Å². The van der Waals surface area contributed by atoms with Gasteiger partial charge in [0.1, 0.15) is 11.5 Å². The Bertz CT molecular complexity index is 489. The molecule has 18 heavy (non-hydrogen) atoms. The first-order valence-electron chi connectivity index (χ1n) is 6.27. The van der Waals surface area contributed by atoms with Crippen LogP contribution in [-0.2, 0) is 16.8 Å². The van der Waals surface area contributed by atoms with Crippen LogP contribution in [0.5, 0.6) is 0 Å². The molecule has 5 nitrogen and oxygen atoms in total. The first-order valence-corrected chi connectivity index (χ1v) is 7.66. The van der Waals surface area contributed by atoms with Gasteiger partial charge in [-0.25, -0.2) is 0 Å². The van der Waals surface area contributed by atoms with Crippen molar-refractivity contribution < 1.29 is 12.8 Å². The van der Waals surface area contributed by atoms with Crippen LogP contribution in [0, 0.1) is 6.92 Å². The van der Waals surface area contributed by atoms with Crippen molar-refractivity contribution in [2.24, 2.45) is 0 Å². The predicted molar refractivity (Wildman–Crippen MR) is 69.3 cm³/mol. The van der Waals surface area contributed by atoms with E-state index in [0.29, 0.717) is 18.8 Å². The lowest BCUT2D eigenvalue weighted by Gasteiger charge is -2.29. The van der Waals surface area contributed by atoms with Gasteiger partial charge in [0.05, 0.1) is 6.54 Å². The fraction of sp³-hybridized carbons (Fsp3) is 0.667. The third kappa shape index (κ3) is 2.93. The van der Waals surface area contributed by atoms with Crippen molar-refractivity contribution in [2.75, 3.05) is 20.1 Å². The monoisotopic (exact) mass is 272 g/mol. The molecular weight excluding hydrogens is 252 g/mol. The van der Waals surface area contributed by atoms with E-state index in [1.807, 2.05) is 19.1 Å². The lowest BCUT2D eigenvalue weighted by molar-refractivity contribution is 0.306. The molecule has 1 saturated heterocycles. The minimum absolute atomic E-state index is 0.284. The molecule has 1 aromatic heterocycles. The SMILES string of the molecule is Cc1ccc(CN(C)S(=O)(=O)N2CCCCC2)o1. The van der Waals surface area contributed by atoms with Gasteiger partial charge in [-0.3, -0.25) is 0 Å². The molecule has 1 aliphatic rings. The first-order chi connectivity index (χ1) is 8.50. The lowest BCUT2D eigenvalue weighted by atomic mass is 10.2. The highest BCUT2D eigenvalue weighted by Gasteiger charge is 2.28. The van der Waals surface area contributed by atoms with Crippen molar-refractivity contribution in [1.29, 1.82) is 0 Å². The van der Waals surface area contributed by atoms with Gasteiger partial charge in [-0.1, -0.05) is 6.42 Å². The number of nitrogens with zero attached hydrogens (tertiary/aromatic N) is 2. The molecule has 0 aliphatic carbocycles. The van der Waals surface area contributed by atoms with Crippen LogP contribution in [0.4, 0.5) is 0 Å². The van der Waals surface area contributed by atoms with Crippen LogP contribution < -0.4 is 0 Å². The lowest BCUT2D eigenvalue weighted by Crippen LogP contribution is -2.43.